The molecule has 31 heavy (non-hydrogen) atoms. The lowest BCUT2D eigenvalue weighted by Crippen LogP contribution is -2.51. The summed E-state index contributed by atoms with van der Waals surface area (Å²) in [5.41, 5.74) is -5.09. The Labute approximate surface area is 183 Å². The maximum absolute atomic E-state index is 15.8. The number of alkyl halides is 1. The second kappa shape index (κ2) is 9.02. The Morgan fingerprint density at radius 3 is 2.39 bits per heavy atom. The first-order chi connectivity index (χ1) is 14.7. The minimum Gasteiger partial charge on any atom is -0.465 e. The Kier molecular flexibility index (Phi) is 6.79. The van der Waals surface area contributed by atoms with Crippen molar-refractivity contribution in [1.29, 1.82) is 0 Å². The molecule has 2 aromatic rings. The number of halogens is 3. The average Bonchev–Trinajstić information content (AvgIpc) is 2.77. The zero-order valence-electron chi connectivity index (χ0n) is 17.2. The molecule has 1 N–H and O–H groups in total. The van der Waals surface area contributed by atoms with Gasteiger partial charge in [0.05, 0.1) is 18.2 Å². The van der Waals surface area contributed by atoms with E-state index in [-0.39, 0.29) is 49.2 Å². The molecule has 1 unspecified atom stereocenters. The average molecular weight is 453 g/mol. The summed E-state index contributed by atoms with van der Waals surface area (Å²) in [6, 6.07) is 7.79. The van der Waals surface area contributed by atoms with Crippen LogP contribution in [0.1, 0.15) is 58.0 Å². The van der Waals surface area contributed by atoms with Crippen LogP contribution in [0.15, 0.2) is 36.4 Å². The molecule has 3 rings (SSSR count). The first-order valence-electron chi connectivity index (χ1n) is 9.88. The van der Waals surface area contributed by atoms with Gasteiger partial charge in [-0.1, -0.05) is 18.5 Å². The van der Waals surface area contributed by atoms with Crippen LogP contribution in [0, 0.1) is 5.82 Å². The molecule has 8 heteroatoms. The summed E-state index contributed by atoms with van der Waals surface area (Å²) >= 11 is 5.84. The lowest BCUT2D eigenvalue weighted by molar-refractivity contribution is -0.155. The molecule has 166 valence electrons. The standard InChI is InChI=1S/C23H23ClF2O5/c1-3-23(29,22(26)8-10-31-11-9-22)15-12-17(21(28)30-2)19(18(25)13-15)20(27)14-4-6-16(24)7-5-14/h4-7,12-13,29H,3,8-11H2,1-2H3. The fraction of sp³-hybridized carbons (Fsp3) is 0.391. The number of hydrogen-bond acceptors (Lipinski definition) is 5. The first kappa shape index (κ1) is 23.3. The Bertz CT molecular complexity index is 986. The van der Waals surface area contributed by atoms with E-state index >= 15 is 8.78 Å². The molecule has 0 aliphatic carbocycles. The van der Waals surface area contributed by atoms with E-state index in [1.165, 1.54) is 24.3 Å². The third-order valence-electron chi connectivity index (χ3n) is 5.84. The molecule has 1 aliphatic heterocycles. The second-order valence-corrected chi connectivity index (χ2v) is 7.94. The number of methoxy groups -OCH3 is 1. The molecule has 2 aromatic carbocycles. The largest absolute Gasteiger partial charge is 0.465 e. The molecular weight excluding hydrogens is 430 g/mol. The van der Waals surface area contributed by atoms with Crippen LogP contribution in [0.2, 0.25) is 5.02 Å². The number of carbonyl (C=O) groups excluding carboxylic acids is 2. The summed E-state index contributed by atoms with van der Waals surface area (Å²) in [4.78, 5) is 25.4. The summed E-state index contributed by atoms with van der Waals surface area (Å²) in [6.45, 7) is 1.79. The molecule has 5 nitrogen and oxygen atoms in total. The molecule has 1 atom stereocenters. The summed E-state index contributed by atoms with van der Waals surface area (Å²) in [5.74, 6) is -2.79. The third kappa shape index (κ3) is 4.22. The highest BCUT2D eigenvalue weighted by Crippen LogP contribution is 2.46. The van der Waals surface area contributed by atoms with Crippen molar-refractivity contribution in [2.45, 2.75) is 37.5 Å². The maximum Gasteiger partial charge on any atom is 0.338 e. The van der Waals surface area contributed by atoms with Crippen molar-refractivity contribution >= 4 is 23.4 Å². The lowest BCUT2D eigenvalue weighted by atomic mass is 9.72. The summed E-state index contributed by atoms with van der Waals surface area (Å²) in [5, 5.41) is 11.7. The van der Waals surface area contributed by atoms with Crippen molar-refractivity contribution in [1.82, 2.24) is 0 Å². The van der Waals surface area contributed by atoms with Gasteiger partial charge in [-0.05, 0) is 48.4 Å². The Morgan fingerprint density at radius 2 is 1.84 bits per heavy atom. The predicted molar refractivity (Wildman–Crippen MR) is 111 cm³/mol. The fourth-order valence-corrected chi connectivity index (χ4v) is 4.11. The molecule has 1 heterocycles. The van der Waals surface area contributed by atoms with Crippen LogP contribution in [0.5, 0.6) is 0 Å². The zero-order valence-corrected chi connectivity index (χ0v) is 18.0. The Morgan fingerprint density at radius 1 is 1.23 bits per heavy atom. The highest BCUT2D eigenvalue weighted by Gasteiger charge is 2.52. The number of ketones is 1. The molecule has 0 saturated carbocycles. The van der Waals surface area contributed by atoms with Crippen molar-refractivity contribution in [2.75, 3.05) is 20.3 Å². The molecule has 0 amide bonds. The highest BCUT2D eigenvalue weighted by atomic mass is 35.5. The number of esters is 1. The Hall–Kier alpha value is -2.35. The SMILES string of the molecule is CCC(O)(c1cc(F)c(C(=O)c2ccc(Cl)cc2)c(C(=O)OC)c1)C1(F)CCOCC1. The van der Waals surface area contributed by atoms with Gasteiger partial charge in [0.2, 0.25) is 0 Å². The van der Waals surface area contributed by atoms with Gasteiger partial charge in [-0.3, -0.25) is 4.79 Å². The van der Waals surface area contributed by atoms with Gasteiger partial charge in [-0.2, -0.15) is 0 Å². The summed E-state index contributed by atoms with van der Waals surface area (Å²) in [6.07, 6.45) is -0.246. The smallest absolute Gasteiger partial charge is 0.338 e. The quantitative estimate of drug-likeness (QED) is 0.511. The molecule has 0 spiro atoms. The van der Waals surface area contributed by atoms with E-state index in [9.17, 15) is 14.7 Å². The van der Waals surface area contributed by atoms with Gasteiger partial charge in [-0.15, -0.1) is 0 Å². The monoisotopic (exact) mass is 452 g/mol. The van der Waals surface area contributed by atoms with Crippen LogP contribution >= 0.6 is 11.6 Å². The number of ether oxygens (including phenoxy) is 2. The lowest BCUT2D eigenvalue weighted by Gasteiger charge is -2.43. The van der Waals surface area contributed by atoms with Crippen molar-refractivity contribution in [2.24, 2.45) is 0 Å². The van der Waals surface area contributed by atoms with E-state index in [2.05, 4.69) is 0 Å². The van der Waals surface area contributed by atoms with E-state index in [0.29, 0.717) is 5.02 Å². The number of aliphatic hydroxyl groups is 1. The van der Waals surface area contributed by atoms with Crippen molar-refractivity contribution in [3.8, 4) is 0 Å². The van der Waals surface area contributed by atoms with Crippen molar-refractivity contribution < 1.29 is 33.0 Å². The number of hydrogen-bond donors (Lipinski definition) is 1. The van der Waals surface area contributed by atoms with E-state index in [4.69, 9.17) is 21.1 Å². The van der Waals surface area contributed by atoms with E-state index < -0.39 is 34.4 Å². The number of rotatable bonds is 6. The molecule has 1 saturated heterocycles. The number of benzene rings is 2. The predicted octanol–water partition coefficient (Wildman–Crippen LogP) is 4.61. The summed E-state index contributed by atoms with van der Waals surface area (Å²) < 4.78 is 41.0. The zero-order chi connectivity index (χ0) is 22.8. The Balaban J connectivity index is 2.17. The topological polar surface area (TPSA) is 72.8 Å². The van der Waals surface area contributed by atoms with Crippen molar-refractivity contribution in [3.05, 3.63) is 69.5 Å². The molecule has 0 bridgehead atoms. The van der Waals surface area contributed by atoms with Gasteiger partial charge in [0, 0.05) is 36.6 Å². The van der Waals surface area contributed by atoms with Crippen LogP contribution < -0.4 is 0 Å². The van der Waals surface area contributed by atoms with Crippen LogP contribution in [0.3, 0.4) is 0 Å². The van der Waals surface area contributed by atoms with Gasteiger partial charge < -0.3 is 14.6 Å². The molecule has 1 aliphatic rings. The van der Waals surface area contributed by atoms with E-state index in [1.54, 1.807) is 6.92 Å². The van der Waals surface area contributed by atoms with Crippen LogP contribution in [0.4, 0.5) is 8.78 Å². The fourth-order valence-electron chi connectivity index (χ4n) is 3.98. The molecule has 1 fully saturated rings. The van der Waals surface area contributed by atoms with E-state index in [0.717, 1.165) is 19.2 Å². The summed E-state index contributed by atoms with van der Waals surface area (Å²) in [7, 11) is 1.09. The van der Waals surface area contributed by atoms with Gasteiger partial charge >= 0.3 is 5.97 Å². The third-order valence-corrected chi connectivity index (χ3v) is 6.10. The van der Waals surface area contributed by atoms with Gasteiger partial charge in [-0.25, -0.2) is 13.6 Å². The molecule has 0 radical (unpaired) electrons. The van der Waals surface area contributed by atoms with E-state index in [1.807, 2.05) is 0 Å². The van der Waals surface area contributed by atoms with Crippen LogP contribution in [-0.2, 0) is 15.1 Å². The van der Waals surface area contributed by atoms with Gasteiger partial charge in [0.25, 0.3) is 0 Å². The van der Waals surface area contributed by atoms with Crippen LogP contribution in [-0.4, -0.2) is 42.9 Å². The van der Waals surface area contributed by atoms with Crippen LogP contribution in [0.25, 0.3) is 0 Å². The van der Waals surface area contributed by atoms with Gasteiger partial charge in [0.1, 0.15) is 17.1 Å². The van der Waals surface area contributed by atoms with Crippen molar-refractivity contribution in [3.63, 3.8) is 0 Å². The molecular formula is C23H23ClF2O5. The molecule has 0 aromatic heterocycles. The second-order valence-electron chi connectivity index (χ2n) is 7.50. The highest BCUT2D eigenvalue weighted by molar-refractivity contribution is 6.30. The first-order valence-corrected chi connectivity index (χ1v) is 10.3. The maximum atomic E-state index is 15.8. The van der Waals surface area contributed by atoms with Gasteiger partial charge in [0.15, 0.2) is 5.78 Å². The number of carbonyl (C=O) groups is 2. The normalized spacial score (nSPS) is 17.6. The minimum atomic E-state index is -2.08. The minimum absolute atomic E-state index is 0.0754.